The maximum atomic E-state index is 12.6. The summed E-state index contributed by atoms with van der Waals surface area (Å²) >= 11 is 0. The summed E-state index contributed by atoms with van der Waals surface area (Å²) in [6, 6.07) is 12.8. The van der Waals surface area contributed by atoms with Gasteiger partial charge < -0.3 is 14.2 Å². The van der Waals surface area contributed by atoms with E-state index in [1.54, 1.807) is 6.26 Å². The first-order chi connectivity index (χ1) is 15.2. The minimum absolute atomic E-state index is 0.0656. The molecule has 3 aliphatic rings. The molecule has 0 bridgehead atoms. The molecule has 3 aromatic rings. The van der Waals surface area contributed by atoms with Crippen molar-refractivity contribution in [3.8, 4) is 0 Å². The quantitative estimate of drug-likeness (QED) is 0.704. The van der Waals surface area contributed by atoms with Gasteiger partial charge in [-0.3, -0.25) is 9.78 Å². The number of aromatic nitrogens is 2. The molecule has 1 spiro atoms. The van der Waals surface area contributed by atoms with Crippen molar-refractivity contribution in [2.45, 2.75) is 50.5 Å². The zero-order valence-corrected chi connectivity index (χ0v) is 17.8. The predicted octanol–water partition coefficient (Wildman–Crippen LogP) is 3.80. The number of benzene rings is 1. The standard InChI is InChI=1S/C25H28N4O2/c30-23-19-7-1-3-9-21(19)26-24(27-23)28-13-11-25(12-14-28)17-29(16-18-6-5-15-31-18)22-10-4-2-8-20(22)25/h2,4-6,8,10,15H,1,3,7,9,11-14,16-17H2,(H,26,27,30). The Labute approximate surface area is 181 Å². The first-order valence-electron chi connectivity index (χ1n) is 11.5. The second kappa shape index (κ2) is 7.29. The van der Waals surface area contributed by atoms with Crippen LogP contribution in [0.3, 0.4) is 0 Å². The van der Waals surface area contributed by atoms with Crippen molar-refractivity contribution in [1.82, 2.24) is 9.97 Å². The smallest absolute Gasteiger partial charge is 0.255 e. The van der Waals surface area contributed by atoms with Gasteiger partial charge in [0, 0.05) is 36.3 Å². The predicted molar refractivity (Wildman–Crippen MR) is 121 cm³/mol. The molecule has 0 saturated carbocycles. The molecule has 1 fully saturated rings. The maximum absolute atomic E-state index is 12.6. The Morgan fingerprint density at radius 2 is 1.90 bits per heavy atom. The summed E-state index contributed by atoms with van der Waals surface area (Å²) in [4.78, 5) is 25.3. The molecule has 0 radical (unpaired) electrons. The van der Waals surface area contributed by atoms with Crippen LogP contribution in [0.5, 0.6) is 0 Å². The average molecular weight is 417 g/mol. The van der Waals surface area contributed by atoms with Crippen molar-refractivity contribution < 1.29 is 4.42 Å². The Bertz CT molecular complexity index is 1140. The van der Waals surface area contributed by atoms with Gasteiger partial charge >= 0.3 is 0 Å². The molecule has 6 nitrogen and oxygen atoms in total. The molecule has 31 heavy (non-hydrogen) atoms. The fraction of sp³-hybridized carbons (Fsp3) is 0.440. The van der Waals surface area contributed by atoms with Crippen LogP contribution < -0.4 is 15.4 Å². The van der Waals surface area contributed by atoms with Gasteiger partial charge in [0.25, 0.3) is 5.56 Å². The van der Waals surface area contributed by atoms with Crippen LogP contribution in [-0.4, -0.2) is 29.6 Å². The lowest BCUT2D eigenvalue weighted by Gasteiger charge is -2.40. The van der Waals surface area contributed by atoms with E-state index in [2.05, 4.69) is 39.0 Å². The highest BCUT2D eigenvalue weighted by molar-refractivity contribution is 5.63. The van der Waals surface area contributed by atoms with E-state index >= 15 is 0 Å². The zero-order chi connectivity index (χ0) is 20.8. The molecule has 2 aliphatic heterocycles. The van der Waals surface area contributed by atoms with Crippen LogP contribution >= 0.6 is 0 Å². The van der Waals surface area contributed by atoms with Gasteiger partial charge in [-0.1, -0.05) is 18.2 Å². The van der Waals surface area contributed by atoms with Crippen LogP contribution in [0.1, 0.15) is 48.3 Å². The number of para-hydroxylation sites is 1. The molecule has 0 atom stereocenters. The fourth-order valence-corrected chi connectivity index (χ4v) is 5.78. The summed E-state index contributed by atoms with van der Waals surface area (Å²) in [5, 5.41) is 0. The third kappa shape index (κ3) is 3.16. The van der Waals surface area contributed by atoms with Crippen molar-refractivity contribution in [3.63, 3.8) is 0 Å². The maximum Gasteiger partial charge on any atom is 0.255 e. The molecular formula is C25H28N4O2. The van der Waals surface area contributed by atoms with Crippen molar-refractivity contribution in [2.75, 3.05) is 29.4 Å². The Kier molecular flexibility index (Phi) is 4.40. The van der Waals surface area contributed by atoms with Crippen molar-refractivity contribution in [3.05, 3.63) is 75.6 Å². The monoisotopic (exact) mass is 416 g/mol. The molecule has 6 heteroatoms. The lowest BCUT2D eigenvalue weighted by atomic mass is 9.74. The summed E-state index contributed by atoms with van der Waals surface area (Å²) in [5.41, 5.74) is 4.91. The number of H-pyrrole nitrogens is 1. The third-order valence-electron chi connectivity index (χ3n) is 7.44. The first-order valence-corrected chi connectivity index (χ1v) is 11.5. The molecule has 1 aromatic carbocycles. The van der Waals surface area contributed by atoms with Crippen molar-refractivity contribution in [1.29, 1.82) is 0 Å². The van der Waals surface area contributed by atoms with Crippen LogP contribution in [0, 0.1) is 0 Å². The van der Waals surface area contributed by atoms with Gasteiger partial charge in [0.05, 0.1) is 18.5 Å². The van der Waals surface area contributed by atoms with E-state index < -0.39 is 0 Å². The van der Waals surface area contributed by atoms with Gasteiger partial charge in [0.1, 0.15) is 5.76 Å². The van der Waals surface area contributed by atoms with Gasteiger partial charge in [-0.15, -0.1) is 0 Å². The number of furan rings is 1. The number of anilines is 2. The van der Waals surface area contributed by atoms with E-state index in [-0.39, 0.29) is 11.0 Å². The van der Waals surface area contributed by atoms with E-state index in [1.165, 1.54) is 11.3 Å². The molecule has 0 unspecified atom stereocenters. The zero-order valence-electron chi connectivity index (χ0n) is 17.8. The van der Waals surface area contributed by atoms with E-state index in [1.807, 2.05) is 12.1 Å². The topological polar surface area (TPSA) is 65.4 Å². The highest BCUT2D eigenvalue weighted by Gasteiger charge is 2.44. The lowest BCUT2D eigenvalue weighted by molar-refractivity contribution is 0.345. The highest BCUT2D eigenvalue weighted by atomic mass is 16.3. The van der Waals surface area contributed by atoms with Crippen LogP contribution in [0.25, 0.3) is 0 Å². The summed E-state index contributed by atoms with van der Waals surface area (Å²) in [6.45, 7) is 3.62. The van der Waals surface area contributed by atoms with Crippen molar-refractivity contribution >= 4 is 11.6 Å². The Morgan fingerprint density at radius 3 is 2.74 bits per heavy atom. The van der Waals surface area contributed by atoms with Gasteiger partial charge in [-0.05, 0) is 62.3 Å². The summed E-state index contributed by atoms with van der Waals surface area (Å²) in [6.07, 6.45) is 7.88. The molecule has 1 N–H and O–H groups in total. The Morgan fingerprint density at radius 1 is 1.06 bits per heavy atom. The van der Waals surface area contributed by atoms with E-state index in [0.29, 0.717) is 0 Å². The SMILES string of the molecule is O=c1[nH]c(N2CCC3(CC2)CN(Cc2ccco2)c2ccccc23)nc2c1CCCC2. The number of aromatic amines is 1. The molecule has 0 amide bonds. The van der Waals surface area contributed by atoms with Crippen molar-refractivity contribution in [2.24, 2.45) is 0 Å². The van der Waals surface area contributed by atoms with Crippen LogP contribution in [0.4, 0.5) is 11.6 Å². The number of nitrogens with one attached hydrogen (secondary N) is 1. The van der Waals surface area contributed by atoms with E-state index in [0.717, 1.165) is 87.7 Å². The summed E-state index contributed by atoms with van der Waals surface area (Å²) in [5.74, 6) is 1.76. The molecule has 2 aromatic heterocycles. The average Bonchev–Trinajstić information content (AvgIpc) is 3.42. The molecule has 160 valence electrons. The minimum atomic E-state index is 0.0656. The Hall–Kier alpha value is -3.02. The van der Waals surface area contributed by atoms with Gasteiger partial charge in [-0.2, -0.15) is 0 Å². The second-order valence-electron chi connectivity index (χ2n) is 9.24. The van der Waals surface area contributed by atoms with E-state index in [4.69, 9.17) is 9.40 Å². The van der Waals surface area contributed by atoms with Crippen LogP contribution in [0.15, 0.2) is 51.9 Å². The third-order valence-corrected chi connectivity index (χ3v) is 7.44. The summed E-state index contributed by atoms with van der Waals surface area (Å²) < 4.78 is 5.63. The fourth-order valence-electron chi connectivity index (χ4n) is 5.78. The van der Waals surface area contributed by atoms with Gasteiger partial charge in [-0.25, -0.2) is 4.98 Å². The molecular weight excluding hydrogens is 388 g/mol. The largest absolute Gasteiger partial charge is 0.467 e. The number of rotatable bonds is 3. The number of hydrogen-bond acceptors (Lipinski definition) is 5. The number of hydrogen-bond donors (Lipinski definition) is 1. The second-order valence-corrected chi connectivity index (χ2v) is 9.24. The number of piperidine rings is 1. The number of fused-ring (bicyclic) bond motifs is 3. The van der Waals surface area contributed by atoms with Gasteiger partial charge in [0.15, 0.2) is 0 Å². The highest BCUT2D eigenvalue weighted by Crippen LogP contribution is 2.47. The lowest BCUT2D eigenvalue weighted by Crippen LogP contribution is -2.46. The Balaban J connectivity index is 1.25. The molecule has 6 rings (SSSR count). The molecule has 1 aliphatic carbocycles. The minimum Gasteiger partial charge on any atom is -0.467 e. The number of aryl methyl sites for hydroxylation is 1. The van der Waals surface area contributed by atoms with Gasteiger partial charge in [0.2, 0.25) is 5.95 Å². The van der Waals surface area contributed by atoms with Crippen LogP contribution in [0.2, 0.25) is 0 Å². The normalized spacial score (nSPS) is 19.5. The molecule has 1 saturated heterocycles. The molecule has 4 heterocycles. The first kappa shape index (κ1) is 18.7. The summed E-state index contributed by atoms with van der Waals surface area (Å²) in [7, 11) is 0. The number of nitrogens with zero attached hydrogens (tertiary/aromatic N) is 3. The van der Waals surface area contributed by atoms with E-state index in [9.17, 15) is 4.79 Å². The van der Waals surface area contributed by atoms with Crippen LogP contribution in [-0.2, 0) is 24.8 Å².